The van der Waals surface area contributed by atoms with Crippen molar-refractivity contribution in [2.24, 2.45) is 0 Å². The first-order chi connectivity index (χ1) is 11.1. The number of aromatic nitrogens is 2. The lowest BCUT2D eigenvalue weighted by atomic mass is 9.96. The molecule has 0 aliphatic carbocycles. The quantitative estimate of drug-likeness (QED) is 0.667. The molecule has 24 heavy (non-hydrogen) atoms. The number of carbonyl (C=O) groups is 1. The van der Waals surface area contributed by atoms with E-state index in [0.29, 0.717) is 12.0 Å². The van der Waals surface area contributed by atoms with Crippen LogP contribution in [0.3, 0.4) is 0 Å². The van der Waals surface area contributed by atoms with Crippen LogP contribution in [-0.4, -0.2) is 26.0 Å². The molecule has 128 valence electrons. The van der Waals surface area contributed by atoms with Gasteiger partial charge in [-0.1, -0.05) is 39.0 Å². The highest BCUT2D eigenvalue weighted by Gasteiger charge is 2.24. The predicted molar refractivity (Wildman–Crippen MR) is 99.6 cm³/mol. The Labute approximate surface area is 145 Å². The molecule has 0 aliphatic heterocycles. The fraction of sp³-hybridized carbons (Fsp3) is 0.389. The van der Waals surface area contributed by atoms with Crippen LogP contribution in [-0.2, 0) is 10.0 Å². The van der Waals surface area contributed by atoms with Crippen molar-refractivity contribution in [3.8, 4) is 11.3 Å². The summed E-state index contributed by atoms with van der Waals surface area (Å²) in [6.45, 7) is 10.8. The number of nitrogens with zero attached hydrogens (tertiary/aromatic N) is 2. The Kier molecular flexibility index (Phi) is 5.20. The molecule has 0 bridgehead atoms. The average Bonchev–Trinajstić information content (AvgIpc) is 2.53. The van der Waals surface area contributed by atoms with Crippen molar-refractivity contribution in [1.82, 2.24) is 9.97 Å². The summed E-state index contributed by atoms with van der Waals surface area (Å²) in [6.07, 6.45) is 2.21. The number of hydrogen-bond donors (Lipinski definition) is 1. The highest BCUT2D eigenvalue weighted by molar-refractivity contribution is 6.31. The highest BCUT2D eigenvalue weighted by atomic mass is 28.2. The summed E-state index contributed by atoms with van der Waals surface area (Å²) in [5.41, 5.74) is 8.01. The van der Waals surface area contributed by atoms with Gasteiger partial charge in [-0.25, -0.2) is 9.97 Å². The van der Waals surface area contributed by atoms with Gasteiger partial charge in [0.1, 0.15) is 5.69 Å². The standard InChI is InChI=1S/C18H25N3O2Si/c1-17(2,3)24-23-18(4,5)13-8-6-7-12(9-13)14-10-20-16(19)15(11-22)21-14/h6-11H,24H2,1-5H3,(H2,19,20). The molecule has 0 saturated carbocycles. The Morgan fingerprint density at radius 1 is 1.21 bits per heavy atom. The van der Waals surface area contributed by atoms with Crippen LogP contribution in [0.2, 0.25) is 5.04 Å². The van der Waals surface area contributed by atoms with Crippen LogP contribution < -0.4 is 5.73 Å². The van der Waals surface area contributed by atoms with Crippen LogP contribution in [0.1, 0.15) is 50.7 Å². The van der Waals surface area contributed by atoms with Gasteiger partial charge >= 0.3 is 0 Å². The second-order valence-electron chi connectivity index (χ2n) is 7.58. The second-order valence-corrected chi connectivity index (χ2v) is 10.3. The largest absolute Gasteiger partial charge is 0.415 e. The maximum absolute atomic E-state index is 11.0. The second kappa shape index (κ2) is 6.82. The summed E-state index contributed by atoms with van der Waals surface area (Å²) in [6, 6.07) is 7.99. The van der Waals surface area contributed by atoms with Gasteiger partial charge in [0.2, 0.25) is 0 Å². The first-order valence-corrected chi connectivity index (χ1v) is 9.23. The van der Waals surface area contributed by atoms with E-state index >= 15 is 0 Å². The molecule has 6 heteroatoms. The van der Waals surface area contributed by atoms with Crippen molar-refractivity contribution >= 4 is 21.9 Å². The van der Waals surface area contributed by atoms with E-state index in [9.17, 15) is 4.79 Å². The van der Waals surface area contributed by atoms with Crippen molar-refractivity contribution in [2.45, 2.75) is 45.3 Å². The number of nitrogens with two attached hydrogens (primary N) is 1. The number of aldehydes is 1. The maximum Gasteiger partial charge on any atom is 0.172 e. The minimum atomic E-state index is -0.680. The Balaban J connectivity index is 2.33. The lowest BCUT2D eigenvalue weighted by molar-refractivity contribution is 0.109. The number of hydrogen-bond acceptors (Lipinski definition) is 5. The SMILES string of the molecule is CC(C)(C)[SiH2]OC(C)(C)c1cccc(-c2cnc(N)c(C=O)n2)c1. The molecule has 0 aliphatic rings. The average molecular weight is 344 g/mol. The summed E-state index contributed by atoms with van der Waals surface area (Å²) < 4.78 is 6.26. The minimum Gasteiger partial charge on any atom is -0.415 e. The van der Waals surface area contributed by atoms with E-state index in [1.54, 1.807) is 6.20 Å². The first-order valence-electron chi connectivity index (χ1n) is 7.95. The van der Waals surface area contributed by atoms with Gasteiger partial charge in [0.25, 0.3) is 0 Å². The van der Waals surface area contributed by atoms with E-state index in [4.69, 9.17) is 10.2 Å². The van der Waals surface area contributed by atoms with Crippen molar-refractivity contribution in [2.75, 3.05) is 5.73 Å². The van der Waals surface area contributed by atoms with Gasteiger partial charge in [0, 0.05) is 5.56 Å². The number of rotatable bonds is 5. The van der Waals surface area contributed by atoms with Gasteiger partial charge in [-0.05, 0) is 30.5 Å². The molecule has 0 radical (unpaired) electrons. The van der Waals surface area contributed by atoms with Crippen LogP contribution in [0.5, 0.6) is 0 Å². The van der Waals surface area contributed by atoms with Crippen molar-refractivity contribution in [1.29, 1.82) is 0 Å². The smallest absolute Gasteiger partial charge is 0.172 e. The van der Waals surface area contributed by atoms with E-state index in [1.165, 1.54) is 0 Å². The highest BCUT2D eigenvalue weighted by Crippen LogP contribution is 2.31. The molecular formula is C18H25N3O2Si. The van der Waals surface area contributed by atoms with E-state index in [2.05, 4.69) is 44.6 Å². The van der Waals surface area contributed by atoms with Crippen LogP contribution in [0.15, 0.2) is 30.5 Å². The predicted octanol–water partition coefficient (Wildman–Crippen LogP) is 3.09. The molecule has 0 atom stereocenters. The van der Waals surface area contributed by atoms with Crippen LogP contribution in [0.25, 0.3) is 11.3 Å². The zero-order valence-corrected chi connectivity index (χ0v) is 16.4. The molecule has 2 N–H and O–H groups in total. The maximum atomic E-state index is 11.0. The number of carbonyl (C=O) groups excluding carboxylic acids is 1. The lowest BCUT2D eigenvalue weighted by Gasteiger charge is -2.30. The molecule has 0 amide bonds. The molecule has 1 aromatic heterocycles. The molecule has 1 aromatic carbocycles. The summed E-state index contributed by atoms with van der Waals surface area (Å²) in [7, 11) is -0.680. The zero-order valence-electron chi connectivity index (χ0n) is 15.0. The monoisotopic (exact) mass is 343 g/mol. The number of benzene rings is 1. The third kappa shape index (κ3) is 4.49. The van der Waals surface area contributed by atoms with Gasteiger partial charge in [-0.15, -0.1) is 0 Å². The summed E-state index contributed by atoms with van der Waals surface area (Å²) >= 11 is 0. The van der Waals surface area contributed by atoms with E-state index in [1.807, 2.05) is 24.3 Å². The molecule has 0 unspecified atom stereocenters. The van der Waals surface area contributed by atoms with Gasteiger partial charge in [0.15, 0.2) is 21.9 Å². The van der Waals surface area contributed by atoms with Crippen LogP contribution in [0.4, 0.5) is 5.82 Å². The Bertz CT molecular complexity index is 739. The Hall–Kier alpha value is -2.05. The van der Waals surface area contributed by atoms with Crippen molar-refractivity contribution in [3.05, 3.63) is 41.7 Å². The van der Waals surface area contributed by atoms with Crippen molar-refractivity contribution < 1.29 is 9.22 Å². The molecule has 1 heterocycles. The summed E-state index contributed by atoms with van der Waals surface area (Å²) in [5, 5.41) is 0.232. The van der Waals surface area contributed by atoms with Crippen LogP contribution in [0, 0.1) is 0 Å². The van der Waals surface area contributed by atoms with Gasteiger partial charge in [-0.3, -0.25) is 4.79 Å². The van der Waals surface area contributed by atoms with Gasteiger partial charge in [-0.2, -0.15) is 0 Å². The fourth-order valence-corrected chi connectivity index (χ4v) is 3.13. The van der Waals surface area contributed by atoms with E-state index < -0.39 is 9.76 Å². The molecule has 0 saturated heterocycles. The van der Waals surface area contributed by atoms with Crippen molar-refractivity contribution in [3.63, 3.8) is 0 Å². The topological polar surface area (TPSA) is 78.1 Å². The van der Waals surface area contributed by atoms with E-state index in [0.717, 1.165) is 11.1 Å². The number of nitrogen functional groups attached to an aromatic ring is 1. The van der Waals surface area contributed by atoms with Crippen LogP contribution >= 0.6 is 0 Å². The first kappa shape index (κ1) is 18.3. The van der Waals surface area contributed by atoms with E-state index in [-0.39, 0.29) is 22.2 Å². The lowest BCUT2D eigenvalue weighted by Crippen LogP contribution is -2.27. The van der Waals surface area contributed by atoms with Gasteiger partial charge in [0.05, 0.1) is 17.5 Å². The minimum absolute atomic E-state index is 0.143. The molecule has 0 spiro atoms. The Morgan fingerprint density at radius 3 is 2.54 bits per heavy atom. The zero-order chi connectivity index (χ0) is 18.0. The normalized spacial score (nSPS) is 12.7. The Morgan fingerprint density at radius 2 is 1.92 bits per heavy atom. The molecule has 2 rings (SSSR count). The summed E-state index contributed by atoms with van der Waals surface area (Å²) in [4.78, 5) is 19.3. The third-order valence-electron chi connectivity index (χ3n) is 3.66. The molecule has 0 fully saturated rings. The fourth-order valence-electron chi connectivity index (χ4n) is 2.17. The third-order valence-corrected chi connectivity index (χ3v) is 5.39. The molecular weight excluding hydrogens is 318 g/mol. The summed E-state index contributed by atoms with van der Waals surface area (Å²) in [5.74, 6) is 0.143. The molecule has 5 nitrogen and oxygen atoms in total. The van der Waals surface area contributed by atoms with Gasteiger partial charge < -0.3 is 10.2 Å². The molecule has 2 aromatic rings. The number of anilines is 1.